The van der Waals surface area contributed by atoms with Gasteiger partial charge in [-0.3, -0.25) is 19.1 Å². The van der Waals surface area contributed by atoms with Gasteiger partial charge in [-0.05, 0) is 63.4 Å². The third-order valence-electron chi connectivity index (χ3n) is 12.3. The van der Waals surface area contributed by atoms with Crippen LogP contribution in [0.4, 0.5) is 10.5 Å². The SMILES string of the molecule is CC[C@@H]1C[C@H](C)CCC=C[C@@H]2C[C@@]2(C(=O)NS(=O)(=O)C2(C)CC2)NC(=O)[C@@H]2C[C@@H](Oc3ncc(N4CCOCC4)c4ccccc34)CN2C(=O)[C@H]1NC(=O)O. The van der Waals surface area contributed by atoms with Crippen molar-refractivity contribution in [2.75, 3.05) is 37.7 Å². The number of allylic oxidation sites excluding steroid dienone is 1. The fraction of sp³-hybridized carbons (Fsp3) is 0.615. The van der Waals surface area contributed by atoms with E-state index >= 15 is 0 Å². The Balaban J connectivity index is 1.22. The molecule has 2 aliphatic carbocycles. The highest BCUT2D eigenvalue weighted by Crippen LogP contribution is 2.48. The number of nitrogens with one attached hydrogen (secondary N) is 3. The van der Waals surface area contributed by atoms with Crippen molar-refractivity contribution >= 4 is 50.3 Å². The number of anilines is 1. The van der Waals surface area contributed by atoms with Gasteiger partial charge in [0.25, 0.3) is 5.91 Å². The molecule has 4 amide bonds. The Hall–Kier alpha value is -4.44. The second kappa shape index (κ2) is 15.2. The van der Waals surface area contributed by atoms with Gasteiger partial charge in [-0.25, -0.2) is 18.2 Å². The summed E-state index contributed by atoms with van der Waals surface area (Å²) < 4.78 is 39.7. The normalized spacial score (nSPS) is 31.0. The number of ether oxygens (including phenoxy) is 2. The predicted molar refractivity (Wildman–Crippen MR) is 204 cm³/mol. The van der Waals surface area contributed by atoms with E-state index in [1.807, 2.05) is 43.3 Å². The Labute approximate surface area is 321 Å². The van der Waals surface area contributed by atoms with Crippen LogP contribution in [0.25, 0.3) is 10.8 Å². The number of morpholine rings is 1. The molecular formula is C39H52N6O9S. The van der Waals surface area contributed by atoms with E-state index in [0.717, 1.165) is 22.9 Å². The maximum absolute atomic E-state index is 14.6. The van der Waals surface area contributed by atoms with Crippen molar-refractivity contribution < 1.29 is 42.2 Å². The van der Waals surface area contributed by atoms with Gasteiger partial charge in [0.1, 0.15) is 23.7 Å². The van der Waals surface area contributed by atoms with Crippen LogP contribution in [0.1, 0.15) is 72.1 Å². The number of carbonyl (C=O) groups is 4. The quantitative estimate of drug-likeness (QED) is 0.287. The minimum absolute atomic E-state index is 0.0281. The molecule has 5 aliphatic rings. The largest absolute Gasteiger partial charge is 0.472 e. The average Bonchev–Trinajstić information content (AvgIpc) is 4.04. The molecule has 0 radical (unpaired) electrons. The van der Waals surface area contributed by atoms with Gasteiger partial charge in [-0.2, -0.15) is 0 Å². The number of sulfonamides is 1. The third kappa shape index (κ3) is 7.84. The van der Waals surface area contributed by atoms with Gasteiger partial charge in [0.05, 0.1) is 36.4 Å². The molecule has 7 atom stereocenters. The standard InChI is InChI=1S/C39H52N6O9S/c1-4-25-19-24(2)9-5-6-10-26-21-39(26,36(48)43-55(51,52)38(3)13-14-38)42-33(46)30-20-27(23-45(30)35(47)32(25)41-37(49)50)54-34-29-12-8-7-11-28(29)31(22-40-34)44-15-17-53-18-16-44/h6-8,10-12,22,24-27,30,32,41H,4-5,9,13-21,23H2,1-3H3,(H,42,46)(H,43,48)(H,49,50)/t24-,25-,26-,27-,30+,32+,39-/m1/s1. The summed E-state index contributed by atoms with van der Waals surface area (Å²) in [5.41, 5.74) is -0.597. The number of aromatic nitrogens is 1. The topological polar surface area (TPSA) is 197 Å². The summed E-state index contributed by atoms with van der Waals surface area (Å²) in [7, 11) is -4.00. The van der Waals surface area contributed by atoms with Crippen LogP contribution in [0.2, 0.25) is 0 Å². The van der Waals surface area contributed by atoms with Gasteiger partial charge < -0.3 is 35.0 Å². The maximum Gasteiger partial charge on any atom is 0.405 e. The molecule has 16 heteroatoms. The average molecular weight is 781 g/mol. The van der Waals surface area contributed by atoms with E-state index in [-0.39, 0.29) is 31.2 Å². The van der Waals surface area contributed by atoms with E-state index in [1.165, 1.54) is 4.90 Å². The molecule has 4 fully saturated rings. The highest BCUT2D eigenvalue weighted by molar-refractivity contribution is 7.91. The molecular weight excluding hydrogens is 729 g/mol. The smallest absolute Gasteiger partial charge is 0.405 e. The molecule has 7 rings (SSSR count). The Morgan fingerprint density at radius 3 is 2.55 bits per heavy atom. The number of nitrogens with zero attached hydrogens (tertiary/aromatic N) is 3. The minimum atomic E-state index is -4.00. The highest BCUT2D eigenvalue weighted by Gasteiger charge is 2.63. The molecule has 298 valence electrons. The number of amides is 4. The molecule has 0 spiro atoms. The van der Waals surface area contributed by atoms with Crippen molar-refractivity contribution in [3.8, 4) is 5.88 Å². The molecule has 0 unspecified atom stereocenters. The molecule has 2 saturated heterocycles. The number of carbonyl (C=O) groups excluding carboxylic acids is 3. The first-order valence-electron chi connectivity index (χ1n) is 19.5. The monoisotopic (exact) mass is 780 g/mol. The summed E-state index contributed by atoms with van der Waals surface area (Å²) in [6, 6.07) is 5.44. The Morgan fingerprint density at radius 1 is 1.13 bits per heavy atom. The molecule has 0 bridgehead atoms. The molecule has 3 aliphatic heterocycles. The fourth-order valence-corrected chi connectivity index (χ4v) is 9.72. The lowest BCUT2D eigenvalue weighted by molar-refractivity contribution is -0.142. The van der Waals surface area contributed by atoms with Crippen LogP contribution >= 0.6 is 0 Å². The van der Waals surface area contributed by atoms with Crippen LogP contribution in [-0.2, 0) is 29.1 Å². The third-order valence-corrected chi connectivity index (χ3v) is 14.4. The number of hydrogen-bond acceptors (Lipinski definition) is 10. The number of carboxylic acid groups (broad SMARTS) is 1. The lowest BCUT2D eigenvalue weighted by Crippen LogP contribution is -2.59. The second-order valence-corrected chi connectivity index (χ2v) is 18.4. The zero-order valence-corrected chi connectivity index (χ0v) is 32.5. The van der Waals surface area contributed by atoms with E-state index in [1.54, 1.807) is 13.1 Å². The van der Waals surface area contributed by atoms with Crippen LogP contribution in [0.3, 0.4) is 0 Å². The van der Waals surface area contributed by atoms with E-state index in [4.69, 9.17) is 14.5 Å². The number of rotatable bonds is 8. The van der Waals surface area contributed by atoms with Crippen LogP contribution in [0.5, 0.6) is 5.88 Å². The summed E-state index contributed by atoms with van der Waals surface area (Å²) in [4.78, 5) is 63.4. The lowest BCUT2D eigenvalue weighted by atomic mass is 9.85. The zero-order chi connectivity index (χ0) is 39.1. The van der Waals surface area contributed by atoms with Gasteiger partial charge in [0.2, 0.25) is 27.7 Å². The molecule has 2 saturated carbocycles. The van der Waals surface area contributed by atoms with Crippen LogP contribution in [0, 0.1) is 17.8 Å². The van der Waals surface area contributed by atoms with Gasteiger partial charge in [-0.15, -0.1) is 0 Å². The van der Waals surface area contributed by atoms with E-state index < -0.39 is 68.2 Å². The first-order chi connectivity index (χ1) is 26.2. The number of fused-ring (bicyclic) bond motifs is 3. The first kappa shape index (κ1) is 38.8. The molecule has 2 aromatic rings. The lowest BCUT2D eigenvalue weighted by Gasteiger charge is -2.33. The van der Waals surface area contributed by atoms with Crippen LogP contribution in [0.15, 0.2) is 42.6 Å². The van der Waals surface area contributed by atoms with E-state index in [0.29, 0.717) is 64.3 Å². The summed E-state index contributed by atoms with van der Waals surface area (Å²) in [5, 5.41) is 16.9. The van der Waals surface area contributed by atoms with Crippen molar-refractivity contribution in [2.45, 2.75) is 101 Å². The Bertz CT molecular complexity index is 1970. The van der Waals surface area contributed by atoms with E-state index in [2.05, 4.69) is 27.2 Å². The molecule has 15 nitrogen and oxygen atoms in total. The van der Waals surface area contributed by atoms with Gasteiger partial charge >= 0.3 is 6.09 Å². The number of hydrogen-bond donors (Lipinski definition) is 4. The van der Waals surface area contributed by atoms with Crippen molar-refractivity contribution in [2.24, 2.45) is 17.8 Å². The number of benzene rings is 1. The highest BCUT2D eigenvalue weighted by atomic mass is 32.2. The van der Waals surface area contributed by atoms with Gasteiger partial charge in [0.15, 0.2) is 0 Å². The molecule has 1 aromatic carbocycles. The van der Waals surface area contributed by atoms with Crippen LogP contribution < -0.4 is 25.0 Å². The Kier molecular flexibility index (Phi) is 10.8. The first-order valence-corrected chi connectivity index (χ1v) is 21.0. The van der Waals surface area contributed by atoms with Crippen molar-refractivity contribution in [3.63, 3.8) is 0 Å². The maximum atomic E-state index is 14.6. The summed E-state index contributed by atoms with van der Waals surface area (Å²) in [6.07, 6.45) is 7.09. The van der Waals surface area contributed by atoms with Crippen molar-refractivity contribution in [1.82, 2.24) is 25.2 Å². The second-order valence-electron chi connectivity index (χ2n) is 16.2. The predicted octanol–water partition coefficient (Wildman–Crippen LogP) is 3.33. The fourth-order valence-electron chi connectivity index (χ4n) is 8.41. The minimum Gasteiger partial charge on any atom is -0.472 e. The van der Waals surface area contributed by atoms with Gasteiger partial charge in [0, 0.05) is 36.2 Å². The van der Waals surface area contributed by atoms with E-state index in [9.17, 15) is 32.7 Å². The van der Waals surface area contributed by atoms with Crippen molar-refractivity contribution in [3.05, 3.63) is 42.6 Å². The molecule has 4 heterocycles. The zero-order valence-electron chi connectivity index (χ0n) is 31.7. The summed E-state index contributed by atoms with van der Waals surface area (Å²) >= 11 is 0. The molecule has 55 heavy (non-hydrogen) atoms. The van der Waals surface area contributed by atoms with Gasteiger partial charge in [-0.1, -0.05) is 50.6 Å². The van der Waals surface area contributed by atoms with Crippen LogP contribution in [-0.4, -0.2) is 109 Å². The Morgan fingerprint density at radius 2 is 1.85 bits per heavy atom. The molecule has 1 aromatic heterocycles. The summed E-state index contributed by atoms with van der Waals surface area (Å²) in [5.74, 6) is -2.36. The van der Waals surface area contributed by atoms with Crippen molar-refractivity contribution in [1.29, 1.82) is 0 Å². The number of pyridine rings is 1. The summed E-state index contributed by atoms with van der Waals surface area (Å²) in [6.45, 7) is 8.15. The molecule has 4 N–H and O–H groups in total.